The molecule has 0 N–H and O–H groups in total. The monoisotopic (exact) mass is 1110 g/mol. The first kappa shape index (κ1) is 49.8. The Labute approximate surface area is 502 Å². The van der Waals surface area contributed by atoms with Crippen molar-refractivity contribution >= 4 is 65.4 Å². The summed E-state index contributed by atoms with van der Waals surface area (Å²) in [5.74, 6) is 1.75. The fourth-order valence-electron chi connectivity index (χ4n) is 13.3. The molecule has 0 fully saturated rings. The maximum atomic E-state index is 5.47. The molecule has 13 aromatic carbocycles. The zero-order valence-corrected chi connectivity index (χ0v) is 47.2. The predicted octanol–water partition coefficient (Wildman–Crippen LogP) is 20.8. The summed E-state index contributed by atoms with van der Waals surface area (Å²) in [5, 5.41) is 7.15. The summed E-state index contributed by atoms with van der Waals surface area (Å²) in [6.07, 6.45) is 0. The zero-order chi connectivity index (χ0) is 57.4. The van der Waals surface area contributed by atoms with Crippen molar-refractivity contribution in [2.45, 2.75) is 0 Å². The molecule has 0 amide bonds. The largest absolute Gasteiger partial charge is 0.309 e. The van der Waals surface area contributed by atoms with Crippen LogP contribution in [0.5, 0.6) is 0 Å². The zero-order valence-electron chi connectivity index (χ0n) is 47.2. The number of hydrogen-bond acceptors (Lipinski definition) is 3. The van der Waals surface area contributed by atoms with Crippen molar-refractivity contribution in [2.75, 3.05) is 0 Å². The minimum Gasteiger partial charge on any atom is -0.309 e. The number of aromatic nitrogens is 6. The first-order valence-electron chi connectivity index (χ1n) is 29.6. The summed E-state index contributed by atoms with van der Waals surface area (Å²) < 4.78 is 7.44. The van der Waals surface area contributed by atoms with E-state index in [4.69, 9.17) is 15.0 Å². The molecule has 0 bridgehead atoms. The van der Waals surface area contributed by atoms with E-state index < -0.39 is 0 Å². The number of benzene rings is 13. The molecule has 0 aliphatic heterocycles. The van der Waals surface area contributed by atoms with Gasteiger partial charge in [-0.25, -0.2) is 15.0 Å². The summed E-state index contributed by atoms with van der Waals surface area (Å²) in [6, 6.07) is 113. The topological polar surface area (TPSA) is 53.5 Å². The van der Waals surface area contributed by atoms with E-state index >= 15 is 0 Å². The van der Waals surface area contributed by atoms with Crippen molar-refractivity contribution in [3.63, 3.8) is 0 Å². The van der Waals surface area contributed by atoms with E-state index in [-0.39, 0.29) is 0 Å². The van der Waals surface area contributed by atoms with Gasteiger partial charge in [-0.2, -0.15) is 0 Å². The van der Waals surface area contributed by atoms with Crippen LogP contribution in [0.2, 0.25) is 0 Å². The normalized spacial score (nSPS) is 11.7. The number of para-hydroxylation sites is 4. The molecule has 0 aliphatic carbocycles. The molecule has 0 spiro atoms. The van der Waals surface area contributed by atoms with Gasteiger partial charge in [-0.15, -0.1) is 0 Å². The van der Waals surface area contributed by atoms with Crippen LogP contribution in [-0.2, 0) is 0 Å². The second-order valence-electron chi connectivity index (χ2n) is 22.3. The van der Waals surface area contributed by atoms with Crippen molar-refractivity contribution in [1.82, 2.24) is 28.7 Å². The summed E-state index contributed by atoms with van der Waals surface area (Å²) in [4.78, 5) is 16.2. The highest BCUT2D eigenvalue weighted by Gasteiger charge is 2.26. The molecule has 4 aromatic heterocycles. The van der Waals surface area contributed by atoms with E-state index in [0.29, 0.717) is 17.5 Å². The molecular formula is C81H52N6. The van der Waals surface area contributed by atoms with Crippen molar-refractivity contribution in [3.8, 4) is 95.7 Å². The standard InChI is InChI=1S/C81H52N6/c1-5-22-53(23-6-1)55-40-44-59(45-41-55)79-82-80(60-46-42-56(43-47-60)54-24-7-2-8-25-54)84-81(83-79)61-50-68(57-26-9-3-10-27-57)78(69(51-61)58-28-11-4-12-29-58)87-75-39-21-38-74(86-72-36-19-15-32-65(72)66-33-16-20-37-73(66)86)77(75)67-49-48-62(52-76(67)87)85-70-34-17-13-30-63(70)64-31-14-18-35-71(64)85/h1-52H. The third kappa shape index (κ3) is 8.37. The Balaban J connectivity index is 0.963. The molecule has 17 aromatic rings. The van der Waals surface area contributed by atoms with Gasteiger partial charge in [-0.05, 0) is 94.0 Å². The molecule has 17 rings (SSSR count). The summed E-state index contributed by atoms with van der Waals surface area (Å²) in [5.41, 5.74) is 21.3. The van der Waals surface area contributed by atoms with E-state index in [1.165, 1.54) is 21.5 Å². The average molecular weight is 1110 g/mol. The second-order valence-corrected chi connectivity index (χ2v) is 22.3. The van der Waals surface area contributed by atoms with Crippen LogP contribution in [0.1, 0.15) is 0 Å². The van der Waals surface area contributed by atoms with Gasteiger partial charge in [0, 0.05) is 65.8 Å². The van der Waals surface area contributed by atoms with Crippen LogP contribution in [0.3, 0.4) is 0 Å². The maximum Gasteiger partial charge on any atom is 0.164 e. The van der Waals surface area contributed by atoms with Gasteiger partial charge in [-0.1, -0.05) is 255 Å². The molecule has 4 heterocycles. The highest BCUT2D eigenvalue weighted by Crippen LogP contribution is 2.47. The van der Waals surface area contributed by atoms with E-state index in [0.717, 1.165) is 122 Å². The minimum absolute atomic E-state index is 0.569. The number of hydrogen-bond donors (Lipinski definition) is 0. The van der Waals surface area contributed by atoms with E-state index in [9.17, 15) is 0 Å². The Hall–Kier alpha value is -11.7. The van der Waals surface area contributed by atoms with E-state index in [1.807, 2.05) is 12.1 Å². The minimum atomic E-state index is 0.569. The van der Waals surface area contributed by atoms with Gasteiger partial charge in [0.1, 0.15) is 0 Å². The summed E-state index contributed by atoms with van der Waals surface area (Å²) in [7, 11) is 0. The molecule has 87 heavy (non-hydrogen) atoms. The summed E-state index contributed by atoms with van der Waals surface area (Å²) in [6.45, 7) is 0. The molecule has 0 radical (unpaired) electrons. The Morgan fingerprint density at radius 1 is 0.207 bits per heavy atom. The highest BCUT2D eigenvalue weighted by atomic mass is 15.1. The molecule has 0 saturated heterocycles. The third-order valence-corrected chi connectivity index (χ3v) is 17.3. The fourth-order valence-corrected chi connectivity index (χ4v) is 13.3. The Kier molecular flexibility index (Phi) is 11.8. The van der Waals surface area contributed by atoms with Crippen LogP contribution < -0.4 is 0 Å². The van der Waals surface area contributed by atoms with Crippen molar-refractivity contribution in [3.05, 3.63) is 315 Å². The SMILES string of the molecule is c1ccc(-c2ccc(-c3nc(-c4ccc(-c5ccccc5)cc4)nc(-c4cc(-c5ccccc5)c(-n5c6cc(-n7c8ccccc8c8ccccc87)ccc6c6c(-n7c8ccccc8c8ccccc87)cccc65)c(-c5ccccc5)c4)n3)cc2)cc1. The Morgan fingerprint density at radius 2 is 0.563 bits per heavy atom. The van der Waals surface area contributed by atoms with Gasteiger partial charge < -0.3 is 13.7 Å². The van der Waals surface area contributed by atoms with E-state index in [1.54, 1.807) is 0 Å². The van der Waals surface area contributed by atoms with Crippen molar-refractivity contribution in [1.29, 1.82) is 0 Å². The van der Waals surface area contributed by atoms with Crippen LogP contribution >= 0.6 is 0 Å². The quantitative estimate of drug-likeness (QED) is 0.137. The Bertz CT molecular complexity index is 5200. The number of nitrogens with zero attached hydrogens (tertiary/aromatic N) is 6. The van der Waals surface area contributed by atoms with Crippen LogP contribution in [0.15, 0.2) is 315 Å². The van der Waals surface area contributed by atoms with Gasteiger partial charge in [0.15, 0.2) is 17.5 Å². The molecule has 6 heteroatoms. The van der Waals surface area contributed by atoms with Crippen LogP contribution in [0.4, 0.5) is 0 Å². The lowest BCUT2D eigenvalue weighted by atomic mass is 9.92. The molecule has 0 unspecified atom stereocenters. The molecular weight excluding hydrogens is 1060 g/mol. The van der Waals surface area contributed by atoms with Crippen LogP contribution in [0.25, 0.3) is 161 Å². The second kappa shape index (κ2) is 20.6. The molecule has 0 saturated carbocycles. The maximum absolute atomic E-state index is 5.47. The molecule has 0 aliphatic rings. The lowest BCUT2D eigenvalue weighted by molar-refractivity contribution is 1.07. The molecule has 0 atom stereocenters. The average Bonchev–Trinajstić information content (AvgIpc) is 1.61. The molecule has 406 valence electrons. The van der Waals surface area contributed by atoms with Crippen LogP contribution in [-0.4, -0.2) is 28.7 Å². The van der Waals surface area contributed by atoms with Crippen LogP contribution in [0, 0.1) is 0 Å². The van der Waals surface area contributed by atoms with Gasteiger partial charge in [0.2, 0.25) is 0 Å². The lowest BCUT2D eigenvalue weighted by Crippen LogP contribution is -2.04. The van der Waals surface area contributed by atoms with Gasteiger partial charge in [-0.3, -0.25) is 0 Å². The Morgan fingerprint density at radius 3 is 1.01 bits per heavy atom. The lowest BCUT2D eigenvalue weighted by Gasteiger charge is -2.21. The van der Waals surface area contributed by atoms with E-state index in [2.05, 4.69) is 317 Å². The highest BCUT2D eigenvalue weighted by molar-refractivity contribution is 6.18. The van der Waals surface area contributed by atoms with Gasteiger partial charge in [0.25, 0.3) is 0 Å². The predicted molar refractivity (Wildman–Crippen MR) is 361 cm³/mol. The first-order chi connectivity index (χ1) is 43.2. The van der Waals surface area contributed by atoms with Gasteiger partial charge >= 0.3 is 0 Å². The van der Waals surface area contributed by atoms with Gasteiger partial charge in [0.05, 0.1) is 44.5 Å². The molecule has 6 nitrogen and oxygen atoms in total. The fraction of sp³-hybridized carbons (Fsp3) is 0. The third-order valence-electron chi connectivity index (χ3n) is 17.3. The van der Waals surface area contributed by atoms with Crippen molar-refractivity contribution < 1.29 is 0 Å². The number of fused-ring (bicyclic) bond motifs is 9. The number of rotatable bonds is 10. The summed E-state index contributed by atoms with van der Waals surface area (Å²) >= 11 is 0. The first-order valence-corrected chi connectivity index (χ1v) is 29.6. The smallest absolute Gasteiger partial charge is 0.164 e. The van der Waals surface area contributed by atoms with Crippen molar-refractivity contribution in [2.24, 2.45) is 0 Å².